The van der Waals surface area contributed by atoms with Crippen molar-refractivity contribution < 1.29 is 26.9 Å². The van der Waals surface area contributed by atoms with Gasteiger partial charge in [-0.3, -0.25) is 0 Å². The molecule has 0 radical (unpaired) electrons. The second kappa shape index (κ2) is 8.59. The number of alkyl carbamates (subject to hydrolysis) is 1. The number of nitrogens with one attached hydrogen (secondary N) is 1. The topological polar surface area (TPSA) is 95.5 Å². The molecule has 2 aromatic rings. The molecule has 1 N–H and O–H groups in total. The van der Waals surface area contributed by atoms with Crippen LogP contribution in [0.3, 0.4) is 0 Å². The van der Waals surface area contributed by atoms with Crippen LogP contribution in [0.15, 0.2) is 54.6 Å². The lowest BCUT2D eigenvalue weighted by Crippen LogP contribution is -2.41. The third kappa shape index (κ3) is 6.90. The highest BCUT2D eigenvalue weighted by Crippen LogP contribution is 2.11. The molecule has 0 aliphatic rings. The van der Waals surface area contributed by atoms with Crippen molar-refractivity contribution >= 4 is 16.2 Å². The molecule has 0 bridgehead atoms. The molecule has 0 aliphatic carbocycles. The summed E-state index contributed by atoms with van der Waals surface area (Å²) in [4.78, 5) is 11.9. The van der Waals surface area contributed by atoms with Crippen molar-refractivity contribution in [2.24, 2.45) is 0 Å². The summed E-state index contributed by atoms with van der Waals surface area (Å²) in [5.74, 6) is -1.41. The molecule has 1 amide bonds. The molecule has 134 valence electrons. The first-order valence-corrected chi connectivity index (χ1v) is 9.05. The van der Waals surface area contributed by atoms with Gasteiger partial charge in [0.1, 0.15) is 12.4 Å². The van der Waals surface area contributed by atoms with E-state index in [-0.39, 0.29) is 18.6 Å². The zero-order valence-corrected chi connectivity index (χ0v) is 14.0. The first-order valence-electron chi connectivity index (χ1n) is 7.47. The van der Waals surface area contributed by atoms with Gasteiger partial charge in [0.25, 0.3) is 0 Å². The molecule has 0 heterocycles. The Kier molecular flexibility index (Phi) is 6.49. The Bertz CT molecular complexity index is 811. The van der Waals surface area contributed by atoms with E-state index in [9.17, 15) is 22.2 Å². The molecule has 6 nitrogen and oxygen atoms in total. The molecule has 0 saturated heterocycles. The average molecular weight is 366 g/mol. The summed E-state index contributed by atoms with van der Waals surface area (Å²) in [6, 6.07) is 13.5. The van der Waals surface area contributed by atoms with E-state index >= 15 is 0 Å². The van der Waals surface area contributed by atoms with Crippen molar-refractivity contribution in [2.75, 3.05) is 5.75 Å². The van der Waals surface area contributed by atoms with Crippen LogP contribution < -0.4 is 5.32 Å². The third-order valence-corrected chi connectivity index (χ3v) is 4.17. The highest BCUT2D eigenvalue weighted by molar-refractivity contribution is 7.85. The summed E-state index contributed by atoms with van der Waals surface area (Å²) in [5, 5.41) is 2.31. The standard InChI is InChI=1S/C17H18FNO5S/c18-16-9-5-4-8-14(16)10-15(12-25(21,22)23)19-17(20)24-11-13-6-2-1-3-7-13/h1-9,15H,10-12H2,(H,19,20)(H,21,22,23)/p-1/t15-/m1/s1. The molecule has 1 atom stereocenters. The molecule has 2 rings (SSSR count). The first-order chi connectivity index (χ1) is 11.8. The molecule has 0 saturated carbocycles. The number of halogens is 1. The van der Waals surface area contributed by atoms with Crippen LogP contribution in [0.4, 0.5) is 9.18 Å². The van der Waals surface area contributed by atoms with Crippen molar-refractivity contribution in [3.05, 3.63) is 71.5 Å². The van der Waals surface area contributed by atoms with E-state index in [1.165, 1.54) is 18.2 Å². The Balaban J connectivity index is 2.00. The fraction of sp³-hybridized carbons (Fsp3) is 0.235. The van der Waals surface area contributed by atoms with Crippen LogP contribution in [0.1, 0.15) is 11.1 Å². The number of carbonyl (C=O) groups excluding carboxylic acids is 1. The van der Waals surface area contributed by atoms with Gasteiger partial charge in [0.05, 0.1) is 15.9 Å². The zero-order valence-electron chi connectivity index (χ0n) is 13.2. The van der Waals surface area contributed by atoms with Crippen molar-refractivity contribution in [3.63, 3.8) is 0 Å². The summed E-state index contributed by atoms with van der Waals surface area (Å²) in [5.41, 5.74) is 0.944. The van der Waals surface area contributed by atoms with Gasteiger partial charge in [0, 0.05) is 6.04 Å². The first kappa shape index (κ1) is 18.9. The largest absolute Gasteiger partial charge is 0.748 e. The van der Waals surface area contributed by atoms with E-state index in [2.05, 4.69) is 5.32 Å². The maximum atomic E-state index is 13.7. The minimum Gasteiger partial charge on any atom is -0.748 e. The van der Waals surface area contributed by atoms with Gasteiger partial charge in [-0.25, -0.2) is 17.6 Å². The lowest BCUT2D eigenvalue weighted by molar-refractivity contribution is 0.136. The molecular weight excluding hydrogens is 349 g/mol. The fourth-order valence-corrected chi connectivity index (χ4v) is 2.95. The minimum absolute atomic E-state index is 0.0107. The van der Waals surface area contributed by atoms with E-state index in [0.717, 1.165) is 5.56 Å². The van der Waals surface area contributed by atoms with Crippen LogP contribution in [0, 0.1) is 5.82 Å². The molecule has 0 aliphatic heterocycles. The zero-order chi connectivity index (χ0) is 18.3. The maximum absolute atomic E-state index is 13.7. The summed E-state index contributed by atoms with van der Waals surface area (Å²) >= 11 is 0. The van der Waals surface area contributed by atoms with Crippen LogP contribution in [-0.2, 0) is 27.9 Å². The lowest BCUT2D eigenvalue weighted by Gasteiger charge is -2.20. The average Bonchev–Trinajstić information content (AvgIpc) is 2.54. The summed E-state index contributed by atoms with van der Waals surface area (Å²) in [6.07, 6.45) is -1.02. The summed E-state index contributed by atoms with van der Waals surface area (Å²) in [6.45, 7) is -0.0107. The van der Waals surface area contributed by atoms with Crippen LogP contribution in [0.5, 0.6) is 0 Å². The quantitative estimate of drug-likeness (QED) is 0.758. The van der Waals surface area contributed by atoms with Crippen molar-refractivity contribution in [2.45, 2.75) is 19.1 Å². The normalized spacial score (nSPS) is 12.4. The van der Waals surface area contributed by atoms with E-state index < -0.39 is 33.8 Å². The molecule has 2 aromatic carbocycles. The van der Waals surface area contributed by atoms with Gasteiger partial charge in [-0.05, 0) is 23.6 Å². The highest BCUT2D eigenvalue weighted by Gasteiger charge is 2.18. The van der Waals surface area contributed by atoms with Crippen LogP contribution in [0.2, 0.25) is 0 Å². The summed E-state index contributed by atoms with van der Waals surface area (Å²) < 4.78 is 51.8. The van der Waals surface area contributed by atoms with Gasteiger partial charge >= 0.3 is 6.09 Å². The predicted molar refractivity (Wildman–Crippen MR) is 88.2 cm³/mol. The van der Waals surface area contributed by atoms with E-state index in [1.807, 2.05) is 6.07 Å². The second-order valence-electron chi connectivity index (χ2n) is 5.42. The molecule has 0 unspecified atom stereocenters. The van der Waals surface area contributed by atoms with Crippen molar-refractivity contribution in [3.8, 4) is 0 Å². The monoisotopic (exact) mass is 366 g/mol. The van der Waals surface area contributed by atoms with E-state index in [4.69, 9.17) is 4.74 Å². The molecule has 0 spiro atoms. The van der Waals surface area contributed by atoms with Crippen molar-refractivity contribution in [1.29, 1.82) is 0 Å². The van der Waals surface area contributed by atoms with Gasteiger partial charge in [-0.15, -0.1) is 0 Å². The van der Waals surface area contributed by atoms with Gasteiger partial charge in [0.2, 0.25) is 0 Å². The Labute approximate surface area is 145 Å². The highest BCUT2D eigenvalue weighted by atomic mass is 32.2. The van der Waals surface area contributed by atoms with Gasteiger partial charge < -0.3 is 14.6 Å². The molecule has 0 fully saturated rings. The van der Waals surface area contributed by atoms with Gasteiger partial charge in [-0.1, -0.05) is 48.5 Å². The fourth-order valence-electron chi connectivity index (χ4n) is 2.26. The van der Waals surface area contributed by atoms with Crippen molar-refractivity contribution in [1.82, 2.24) is 5.32 Å². The Hall–Kier alpha value is -2.45. The Morgan fingerprint density at radius 2 is 1.76 bits per heavy atom. The molecule has 8 heteroatoms. The number of hydrogen-bond acceptors (Lipinski definition) is 5. The van der Waals surface area contributed by atoms with Gasteiger partial charge in [-0.2, -0.15) is 0 Å². The number of amides is 1. The number of benzene rings is 2. The molecule has 25 heavy (non-hydrogen) atoms. The van der Waals surface area contributed by atoms with E-state index in [0.29, 0.717) is 0 Å². The van der Waals surface area contributed by atoms with Crippen LogP contribution in [0.25, 0.3) is 0 Å². The minimum atomic E-state index is -4.61. The Morgan fingerprint density at radius 1 is 1.12 bits per heavy atom. The van der Waals surface area contributed by atoms with Gasteiger partial charge in [0.15, 0.2) is 0 Å². The van der Waals surface area contributed by atoms with E-state index in [1.54, 1.807) is 30.3 Å². The smallest absolute Gasteiger partial charge is 0.407 e. The maximum Gasteiger partial charge on any atom is 0.407 e. The predicted octanol–water partition coefficient (Wildman–Crippen LogP) is 2.21. The SMILES string of the molecule is O=C(N[C@H](Cc1ccccc1F)CS(=O)(=O)[O-])OCc1ccccc1. The number of rotatable bonds is 7. The Morgan fingerprint density at radius 3 is 2.40 bits per heavy atom. The second-order valence-corrected chi connectivity index (χ2v) is 6.87. The van der Waals surface area contributed by atoms with Crippen LogP contribution >= 0.6 is 0 Å². The number of carbonyl (C=O) groups is 1. The third-order valence-electron chi connectivity index (χ3n) is 3.36. The summed E-state index contributed by atoms with van der Waals surface area (Å²) in [7, 11) is -4.61. The lowest BCUT2D eigenvalue weighted by atomic mass is 10.1. The molecule has 0 aromatic heterocycles. The van der Waals surface area contributed by atoms with Crippen LogP contribution in [-0.4, -0.2) is 30.9 Å². The number of ether oxygens (including phenoxy) is 1. The number of hydrogen-bond donors (Lipinski definition) is 1. The molecular formula is C17H17FNO5S-.